The smallest absolute Gasteiger partial charge is 0.262 e. The molecule has 136 valence electrons. The highest BCUT2D eigenvalue weighted by atomic mass is 32.2. The Morgan fingerprint density at radius 1 is 1.19 bits per heavy atom. The zero-order chi connectivity index (χ0) is 18.4. The highest BCUT2D eigenvalue weighted by Gasteiger charge is 2.36. The van der Waals surface area contributed by atoms with Gasteiger partial charge in [0, 0.05) is 12.0 Å². The van der Waals surface area contributed by atoms with Crippen molar-refractivity contribution in [1.29, 1.82) is 5.26 Å². The number of nitrogens with zero attached hydrogens (tertiary/aromatic N) is 6. The number of fused-ring (bicyclic) bond motifs is 1. The van der Waals surface area contributed by atoms with Crippen molar-refractivity contribution in [2.75, 3.05) is 0 Å². The van der Waals surface area contributed by atoms with Gasteiger partial charge in [-0.15, -0.1) is 10.2 Å². The van der Waals surface area contributed by atoms with Gasteiger partial charge in [-0.2, -0.15) is 5.26 Å². The second-order valence-electron chi connectivity index (χ2n) is 7.10. The molecule has 1 aromatic carbocycles. The van der Waals surface area contributed by atoms with Gasteiger partial charge in [-0.1, -0.05) is 23.9 Å². The predicted molar refractivity (Wildman–Crippen MR) is 101 cm³/mol. The average molecular weight is 378 g/mol. The van der Waals surface area contributed by atoms with E-state index in [2.05, 4.69) is 25.8 Å². The van der Waals surface area contributed by atoms with Crippen molar-refractivity contribution >= 4 is 22.7 Å². The molecule has 3 aromatic rings. The zero-order valence-corrected chi connectivity index (χ0v) is 15.5. The van der Waals surface area contributed by atoms with Gasteiger partial charge in [0.1, 0.15) is 18.2 Å². The lowest BCUT2D eigenvalue weighted by molar-refractivity contribution is 0.626. The maximum atomic E-state index is 12.8. The van der Waals surface area contributed by atoms with Crippen LogP contribution in [0.2, 0.25) is 0 Å². The molecule has 0 amide bonds. The first-order valence-electron chi connectivity index (χ1n) is 9.19. The quantitative estimate of drug-likeness (QED) is 0.613. The molecule has 0 aliphatic heterocycles. The lowest BCUT2D eigenvalue weighted by atomic mass is 10.2. The van der Waals surface area contributed by atoms with Crippen LogP contribution in [0.3, 0.4) is 0 Å². The molecular formula is C19H18N6OS. The first-order valence-corrected chi connectivity index (χ1v) is 10.2. The topological polar surface area (TPSA) is 89.4 Å². The van der Waals surface area contributed by atoms with Gasteiger partial charge in [0.2, 0.25) is 0 Å². The fourth-order valence-corrected chi connectivity index (χ4v) is 4.33. The summed E-state index contributed by atoms with van der Waals surface area (Å²) < 4.78 is 3.76. The van der Waals surface area contributed by atoms with Crippen LogP contribution in [-0.2, 0) is 12.3 Å². The van der Waals surface area contributed by atoms with Crippen LogP contribution >= 0.6 is 11.8 Å². The molecule has 2 fully saturated rings. The summed E-state index contributed by atoms with van der Waals surface area (Å²) in [6.45, 7) is -0.00476. The maximum Gasteiger partial charge on any atom is 0.262 e. The first-order chi connectivity index (χ1) is 13.3. The summed E-state index contributed by atoms with van der Waals surface area (Å²) in [7, 11) is 0. The van der Waals surface area contributed by atoms with Crippen molar-refractivity contribution in [3.63, 3.8) is 0 Å². The van der Waals surface area contributed by atoms with Crippen LogP contribution in [0, 0.1) is 11.3 Å². The van der Waals surface area contributed by atoms with Crippen LogP contribution in [0.1, 0.15) is 49.3 Å². The van der Waals surface area contributed by atoms with E-state index in [9.17, 15) is 4.79 Å². The van der Waals surface area contributed by atoms with Crippen LogP contribution in [0.4, 0.5) is 0 Å². The van der Waals surface area contributed by atoms with Gasteiger partial charge in [0.15, 0.2) is 5.16 Å². The Bertz CT molecular complexity index is 1120. The Morgan fingerprint density at radius 2 is 2.00 bits per heavy atom. The van der Waals surface area contributed by atoms with Crippen molar-refractivity contribution in [3.8, 4) is 6.07 Å². The van der Waals surface area contributed by atoms with Gasteiger partial charge in [-0.25, -0.2) is 4.98 Å². The number of hydrogen-bond donors (Lipinski definition) is 0. The summed E-state index contributed by atoms with van der Waals surface area (Å²) in [5, 5.41) is 19.4. The fourth-order valence-electron chi connectivity index (χ4n) is 3.37. The highest BCUT2D eigenvalue weighted by molar-refractivity contribution is 7.98. The Kier molecular flexibility index (Phi) is 3.97. The van der Waals surface area contributed by atoms with Crippen molar-refractivity contribution in [1.82, 2.24) is 24.3 Å². The minimum Gasteiger partial charge on any atom is -0.303 e. The number of thioether (sulfide) groups is 1. The number of hydrogen-bond acceptors (Lipinski definition) is 6. The number of rotatable bonds is 6. The zero-order valence-electron chi connectivity index (χ0n) is 14.7. The molecule has 2 aromatic heterocycles. The number of para-hydroxylation sites is 1. The van der Waals surface area contributed by atoms with E-state index in [0.717, 1.165) is 11.0 Å². The summed E-state index contributed by atoms with van der Waals surface area (Å²) in [5.41, 5.74) is 0.495. The second kappa shape index (κ2) is 6.50. The molecule has 5 rings (SSSR count). The lowest BCUT2D eigenvalue weighted by Gasteiger charge is -2.11. The SMILES string of the molecule is N#CCn1c(CSc2nnc(C3CC3)n2C2CC2)nc2ccccc2c1=O. The van der Waals surface area contributed by atoms with Crippen molar-refractivity contribution in [3.05, 3.63) is 46.3 Å². The molecule has 8 heteroatoms. The van der Waals surface area contributed by atoms with Crippen LogP contribution in [0.25, 0.3) is 10.9 Å². The van der Waals surface area contributed by atoms with E-state index < -0.39 is 0 Å². The standard InChI is InChI=1S/C19H18N6OS/c20-9-10-24-16(21-15-4-2-1-3-14(15)18(24)26)11-27-19-23-22-17(12-5-6-12)25(19)13-7-8-13/h1-4,12-13H,5-8,10-11H2. The van der Waals surface area contributed by atoms with E-state index >= 15 is 0 Å². The summed E-state index contributed by atoms with van der Waals surface area (Å²) in [5.74, 6) is 2.75. The maximum absolute atomic E-state index is 12.8. The third kappa shape index (κ3) is 3.02. The number of aromatic nitrogens is 5. The number of nitriles is 1. The van der Waals surface area contributed by atoms with E-state index in [1.807, 2.05) is 18.2 Å². The van der Waals surface area contributed by atoms with Gasteiger partial charge in [0.05, 0.1) is 22.7 Å². The Hall–Kier alpha value is -2.66. The van der Waals surface area contributed by atoms with Crippen molar-refractivity contribution in [2.45, 2.75) is 55.1 Å². The molecule has 2 aliphatic rings. The summed E-state index contributed by atoms with van der Waals surface area (Å²) in [6, 6.07) is 9.86. The molecule has 0 atom stereocenters. The third-order valence-electron chi connectivity index (χ3n) is 5.05. The van der Waals surface area contributed by atoms with Crippen molar-refractivity contribution < 1.29 is 0 Å². The van der Waals surface area contributed by atoms with E-state index in [4.69, 9.17) is 5.26 Å². The normalized spacial score (nSPS) is 16.6. The molecule has 0 spiro atoms. The minimum atomic E-state index is -0.167. The third-order valence-corrected chi connectivity index (χ3v) is 5.98. The van der Waals surface area contributed by atoms with Gasteiger partial charge in [-0.05, 0) is 37.8 Å². The molecule has 0 radical (unpaired) electrons. The van der Waals surface area contributed by atoms with E-state index in [1.54, 1.807) is 17.8 Å². The van der Waals surface area contributed by atoms with Crippen molar-refractivity contribution in [2.24, 2.45) is 0 Å². The van der Waals surface area contributed by atoms with Crippen LogP contribution in [-0.4, -0.2) is 24.3 Å². The van der Waals surface area contributed by atoms with Gasteiger partial charge >= 0.3 is 0 Å². The first kappa shape index (κ1) is 16.5. The molecule has 2 heterocycles. The molecule has 0 unspecified atom stereocenters. The largest absolute Gasteiger partial charge is 0.303 e. The average Bonchev–Trinajstić information content (AvgIpc) is 3.61. The molecule has 2 saturated carbocycles. The molecule has 0 saturated heterocycles. The van der Waals surface area contributed by atoms with Gasteiger partial charge in [0.25, 0.3) is 5.56 Å². The Balaban J connectivity index is 1.49. The van der Waals surface area contributed by atoms with Crippen LogP contribution < -0.4 is 5.56 Å². The minimum absolute atomic E-state index is 0.00476. The van der Waals surface area contributed by atoms with Crippen LogP contribution in [0.15, 0.2) is 34.2 Å². The second-order valence-corrected chi connectivity index (χ2v) is 8.04. The van der Waals surface area contributed by atoms with Crippen LogP contribution in [0.5, 0.6) is 0 Å². The molecule has 0 bridgehead atoms. The molecule has 7 nitrogen and oxygen atoms in total. The van der Waals surface area contributed by atoms with Gasteiger partial charge < -0.3 is 4.57 Å². The molecule has 2 aliphatic carbocycles. The van der Waals surface area contributed by atoms with E-state index in [0.29, 0.717) is 34.4 Å². The summed E-state index contributed by atoms with van der Waals surface area (Å²) >= 11 is 1.55. The Labute approximate surface area is 160 Å². The summed E-state index contributed by atoms with van der Waals surface area (Å²) in [6.07, 6.45) is 4.75. The van der Waals surface area contributed by atoms with Gasteiger partial charge in [-0.3, -0.25) is 9.36 Å². The molecular weight excluding hydrogens is 360 g/mol. The molecule has 0 N–H and O–H groups in total. The lowest BCUT2D eigenvalue weighted by Crippen LogP contribution is -2.24. The fraction of sp³-hybridized carbons (Fsp3) is 0.421. The molecule has 27 heavy (non-hydrogen) atoms. The Morgan fingerprint density at radius 3 is 2.74 bits per heavy atom. The van der Waals surface area contributed by atoms with E-state index in [-0.39, 0.29) is 12.1 Å². The monoisotopic (exact) mass is 378 g/mol. The number of benzene rings is 1. The van der Waals surface area contributed by atoms with E-state index in [1.165, 1.54) is 30.3 Å². The highest BCUT2D eigenvalue weighted by Crippen LogP contribution is 2.46. The predicted octanol–water partition coefficient (Wildman–Crippen LogP) is 3.02. The summed E-state index contributed by atoms with van der Waals surface area (Å²) in [4.78, 5) is 17.4.